The summed E-state index contributed by atoms with van der Waals surface area (Å²) in [5, 5.41) is 3.53. The third-order valence-corrected chi connectivity index (χ3v) is 3.96. The molecule has 0 aliphatic heterocycles. The first-order chi connectivity index (χ1) is 11.9. The van der Waals surface area contributed by atoms with E-state index < -0.39 is 11.9 Å². The number of nitrogens with one attached hydrogen (secondary N) is 1. The van der Waals surface area contributed by atoms with Gasteiger partial charge in [-0.15, -0.1) is 0 Å². The van der Waals surface area contributed by atoms with Crippen LogP contribution in [0.1, 0.15) is 26.5 Å². The van der Waals surface area contributed by atoms with Crippen molar-refractivity contribution in [3.05, 3.63) is 52.4 Å². The van der Waals surface area contributed by atoms with Gasteiger partial charge in [0.25, 0.3) is 5.91 Å². The highest BCUT2D eigenvalue weighted by atomic mass is 35.5. The second-order valence-electron chi connectivity index (χ2n) is 5.26. The Kier molecular flexibility index (Phi) is 4.33. The molecule has 3 rings (SSSR count). The maximum atomic E-state index is 12.4. The number of furan rings is 1. The fraction of sp³-hybridized carbons (Fsp3) is 0.118. The molecule has 3 aromatic rings. The van der Waals surface area contributed by atoms with E-state index in [0.29, 0.717) is 32.9 Å². The van der Waals surface area contributed by atoms with Crippen LogP contribution in [0.5, 0.6) is 0 Å². The lowest BCUT2D eigenvalue weighted by Crippen LogP contribution is -2.13. The fourth-order valence-corrected chi connectivity index (χ4v) is 2.62. The number of amides is 1. The summed E-state index contributed by atoms with van der Waals surface area (Å²) in [7, 11) is 1.29. The van der Waals surface area contributed by atoms with E-state index in [1.165, 1.54) is 13.3 Å². The van der Waals surface area contributed by atoms with Gasteiger partial charge in [-0.3, -0.25) is 4.79 Å². The molecule has 3 N–H and O–H groups in total. The number of methoxy groups -OCH3 is 1. The molecule has 1 amide bonds. The summed E-state index contributed by atoms with van der Waals surface area (Å²) in [6.45, 7) is 1.71. The Bertz CT molecular complexity index is 980. The molecule has 8 heteroatoms. The first-order valence-corrected chi connectivity index (χ1v) is 7.63. The summed E-state index contributed by atoms with van der Waals surface area (Å²) in [5.41, 5.74) is 7.56. The molecule has 0 aliphatic carbocycles. The number of anilines is 2. The smallest absolute Gasteiger partial charge is 0.338 e. The third kappa shape index (κ3) is 3.01. The summed E-state index contributed by atoms with van der Waals surface area (Å²) in [4.78, 5) is 28.2. The maximum absolute atomic E-state index is 12.4. The Morgan fingerprint density at radius 2 is 2.04 bits per heavy atom. The molecule has 0 bridgehead atoms. The highest BCUT2D eigenvalue weighted by Gasteiger charge is 2.23. The van der Waals surface area contributed by atoms with E-state index >= 15 is 0 Å². The first kappa shape index (κ1) is 16.8. The minimum absolute atomic E-state index is 0.0585. The van der Waals surface area contributed by atoms with Crippen molar-refractivity contribution in [3.8, 4) is 0 Å². The number of esters is 1. The van der Waals surface area contributed by atoms with Crippen LogP contribution in [0, 0.1) is 6.92 Å². The highest BCUT2D eigenvalue weighted by Crippen LogP contribution is 2.33. The number of fused-ring (bicyclic) bond motifs is 1. The lowest BCUT2D eigenvalue weighted by atomic mass is 10.0. The van der Waals surface area contributed by atoms with Gasteiger partial charge < -0.3 is 20.2 Å². The number of nitrogens with two attached hydrogens (primary N) is 1. The number of pyridine rings is 1. The first-order valence-electron chi connectivity index (χ1n) is 7.25. The minimum atomic E-state index is -0.553. The molecule has 0 fully saturated rings. The zero-order valence-electron chi connectivity index (χ0n) is 13.4. The van der Waals surface area contributed by atoms with Gasteiger partial charge in [0, 0.05) is 11.6 Å². The van der Waals surface area contributed by atoms with Gasteiger partial charge >= 0.3 is 5.97 Å². The van der Waals surface area contributed by atoms with Crippen LogP contribution in [-0.4, -0.2) is 24.0 Å². The normalized spacial score (nSPS) is 10.7. The van der Waals surface area contributed by atoms with Crippen LogP contribution in [0.25, 0.3) is 11.0 Å². The molecule has 0 radical (unpaired) electrons. The summed E-state index contributed by atoms with van der Waals surface area (Å²) >= 11 is 5.76. The van der Waals surface area contributed by atoms with E-state index in [1.807, 2.05) is 0 Å². The van der Waals surface area contributed by atoms with E-state index in [1.54, 1.807) is 31.2 Å². The van der Waals surface area contributed by atoms with Gasteiger partial charge in [0.2, 0.25) is 5.76 Å². The zero-order valence-corrected chi connectivity index (χ0v) is 14.2. The average Bonchev–Trinajstić information content (AvgIpc) is 2.94. The Labute approximate surface area is 147 Å². The molecule has 2 aromatic heterocycles. The fourth-order valence-electron chi connectivity index (χ4n) is 2.51. The molecule has 0 aliphatic rings. The molecule has 0 saturated carbocycles. The molecule has 1 aromatic carbocycles. The number of carbonyl (C=O) groups is 2. The number of halogens is 1. The van der Waals surface area contributed by atoms with Gasteiger partial charge in [0.15, 0.2) is 0 Å². The Morgan fingerprint density at radius 3 is 2.68 bits per heavy atom. The summed E-state index contributed by atoms with van der Waals surface area (Å²) in [6.07, 6.45) is 1.41. The second kappa shape index (κ2) is 6.45. The molecule has 25 heavy (non-hydrogen) atoms. The quantitative estimate of drug-likeness (QED) is 0.694. The van der Waals surface area contributed by atoms with Crippen LogP contribution in [0.4, 0.5) is 11.5 Å². The van der Waals surface area contributed by atoms with Gasteiger partial charge in [-0.2, -0.15) is 0 Å². The number of aryl methyl sites for hydroxylation is 1. The molecule has 2 heterocycles. The van der Waals surface area contributed by atoms with Crippen molar-refractivity contribution in [2.45, 2.75) is 6.92 Å². The second-order valence-corrected chi connectivity index (χ2v) is 5.70. The van der Waals surface area contributed by atoms with Crippen LogP contribution < -0.4 is 11.1 Å². The number of nitrogens with zero attached hydrogens (tertiary/aromatic N) is 1. The van der Waals surface area contributed by atoms with Crippen molar-refractivity contribution in [3.63, 3.8) is 0 Å². The SMILES string of the molecule is COC(=O)c1ccc2oc(C(=O)Nc3ccc(Cl)cn3)c(N)c2c1C. The summed E-state index contributed by atoms with van der Waals surface area (Å²) < 4.78 is 10.3. The highest BCUT2D eigenvalue weighted by molar-refractivity contribution is 6.30. The van der Waals surface area contributed by atoms with E-state index in [4.69, 9.17) is 26.5 Å². The van der Waals surface area contributed by atoms with Crippen LogP contribution in [0.15, 0.2) is 34.9 Å². The van der Waals surface area contributed by atoms with Crippen LogP contribution in [0.2, 0.25) is 5.02 Å². The van der Waals surface area contributed by atoms with E-state index in [-0.39, 0.29) is 11.4 Å². The Hall–Kier alpha value is -3.06. The number of ether oxygens (including phenoxy) is 1. The molecule has 7 nitrogen and oxygen atoms in total. The van der Waals surface area contributed by atoms with E-state index in [0.717, 1.165) is 0 Å². The van der Waals surface area contributed by atoms with E-state index in [9.17, 15) is 9.59 Å². The molecule has 0 spiro atoms. The standard InChI is InChI=1S/C17H14ClN3O4/c1-8-10(17(23)24-2)4-5-11-13(8)14(19)15(25-11)16(22)21-12-6-3-9(18)7-20-12/h3-7H,19H2,1-2H3,(H,20,21,22). The van der Waals surface area contributed by atoms with Crippen LogP contribution >= 0.6 is 11.6 Å². The van der Waals surface area contributed by atoms with Crippen LogP contribution in [0.3, 0.4) is 0 Å². The van der Waals surface area contributed by atoms with Gasteiger partial charge in [-0.1, -0.05) is 11.6 Å². The van der Waals surface area contributed by atoms with Crippen molar-refractivity contribution in [1.82, 2.24) is 4.98 Å². The monoisotopic (exact) mass is 359 g/mol. The van der Waals surface area contributed by atoms with Crippen molar-refractivity contribution in [1.29, 1.82) is 0 Å². The number of carbonyl (C=O) groups excluding carboxylic acids is 2. The van der Waals surface area contributed by atoms with Crippen molar-refractivity contribution < 1.29 is 18.7 Å². The third-order valence-electron chi connectivity index (χ3n) is 3.73. The molecular weight excluding hydrogens is 346 g/mol. The number of benzene rings is 1. The topological polar surface area (TPSA) is 107 Å². The van der Waals surface area contributed by atoms with Crippen molar-refractivity contribution in [2.24, 2.45) is 0 Å². The number of hydrogen-bond acceptors (Lipinski definition) is 6. The predicted molar refractivity (Wildman–Crippen MR) is 93.9 cm³/mol. The molecule has 0 unspecified atom stereocenters. The largest absolute Gasteiger partial charge is 0.465 e. The van der Waals surface area contributed by atoms with Crippen LogP contribution in [-0.2, 0) is 4.74 Å². The van der Waals surface area contributed by atoms with Gasteiger partial charge in [0.1, 0.15) is 11.4 Å². The number of hydrogen-bond donors (Lipinski definition) is 2. The summed E-state index contributed by atoms with van der Waals surface area (Å²) in [5.74, 6) is -0.794. The van der Waals surface area contributed by atoms with Gasteiger partial charge in [-0.25, -0.2) is 9.78 Å². The van der Waals surface area contributed by atoms with Crippen molar-refractivity contribution >= 4 is 46.0 Å². The molecule has 0 atom stereocenters. The number of aromatic nitrogens is 1. The Balaban J connectivity index is 2.01. The van der Waals surface area contributed by atoms with Gasteiger partial charge in [-0.05, 0) is 36.8 Å². The lowest BCUT2D eigenvalue weighted by Gasteiger charge is -2.04. The zero-order chi connectivity index (χ0) is 18.1. The average molecular weight is 360 g/mol. The minimum Gasteiger partial charge on any atom is -0.465 e. The summed E-state index contributed by atoms with van der Waals surface area (Å²) in [6, 6.07) is 6.29. The van der Waals surface area contributed by atoms with Gasteiger partial charge in [0.05, 0.1) is 23.4 Å². The predicted octanol–water partition coefficient (Wildman–Crippen LogP) is 3.41. The lowest BCUT2D eigenvalue weighted by molar-refractivity contribution is 0.0600. The molecule has 128 valence electrons. The maximum Gasteiger partial charge on any atom is 0.338 e. The molecule has 0 saturated heterocycles. The van der Waals surface area contributed by atoms with Crippen molar-refractivity contribution in [2.75, 3.05) is 18.2 Å². The molecular formula is C17H14ClN3O4. The number of rotatable bonds is 3. The Morgan fingerprint density at radius 1 is 1.28 bits per heavy atom. The van der Waals surface area contributed by atoms with E-state index in [2.05, 4.69) is 10.3 Å². The number of nitrogen functional groups attached to an aromatic ring is 1.